The van der Waals surface area contributed by atoms with E-state index >= 15 is 0 Å². The van der Waals surface area contributed by atoms with E-state index in [0.717, 1.165) is 37.8 Å². The number of ether oxygens (including phenoxy) is 1. The van der Waals surface area contributed by atoms with E-state index < -0.39 is 0 Å². The molecule has 4 heteroatoms. The highest BCUT2D eigenvalue weighted by atomic mass is 16.5. The average Bonchev–Trinajstić information content (AvgIpc) is 2.66. The zero-order valence-electron chi connectivity index (χ0n) is 9.72. The Morgan fingerprint density at radius 3 is 3.00 bits per heavy atom. The maximum atomic E-state index is 5.96. The Morgan fingerprint density at radius 2 is 2.31 bits per heavy atom. The van der Waals surface area contributed by atoms with Crippen LogP contribution in [0.1, 0.15) is 38.3 Å². The van der Waals surface area contributed by atoms with Crippen molar-refractivity contribution in [2.45, 2.75) is 51.2 Å². The van der Waals surface area contributed by atoms with Gasteiger partial charge in [0, 0.05) is 17.8 Å². The van der Waals surface area contributed by atoms with Gasteiger partial charge in [0.05, 0.1) is 0 Å². The Labute approximate surface area is 96.2 Å². The van der Waals surface area contributed by atoms with Crippen LogP contribution in [0.3, 0.4) is 0 Å². The third kappa shape index (κ3) is 2.70. The number of aromatic nitrogens is 2. The molecule has 0 aromatic carbocycles. The minimum Gasteiger partial charge on any atom is -0.473 e. The second-order valence-electron chi connectivity index (χ2n) is 4.35. The number of nitrogens with two attached hydrogens (primary N) is 1. The van der Waals surface area contributed by atoms with E-state index in [9.17, 15) is 0 Å². The van der Waals surface area contributed by atoms with E-state index in [1.165, 1.54) is 0 Å². The topological polar surface area (TPSA) is 61.0 Å². The first-order valence-electron chi connectivity index (χ1n) is 6.02. The second kappa shape index (κ2) is 5.25. The van der Waals surface area contributed by atoms with E-state index in [2.05, 4.69) is 16.9 Å². The molecule has 2 rings (SSSR count). The Balaban J connectivity index is 2.00. The Kier molecular flexibility index (Phi) is 3.72. The summed E-state index contributed by atoms with van der Waals surface area (Å²) in [5.74, 6) is 0.667. The smallest absolute Gasteiger partial charge is 0.216 e. The number of hydrogen-bond donors (Lipinski definition) is 1. The first-order chi connectivity index (χ1) is 7.79. The summed E-state index contributed by atoms with van der Waals surface area (Å²) >= 11 is 0. The highest BCUT2D eigenvalue weighted by molar-refractivity contribution is 5.14. The molecule has 0 aliphatic heterocycles. The van der Waals surface area contributed by atoms with Crippen LogP contribution in [0.15, 0.2) is 12.4 Å². The lowest BCUT2D eigenvalue weighted by molar-refractivity contribution is 0.183. The maximum Gasteiger partial charge on any atom is 0.216 e. The molecule has 1 aliphatic rings. The standard InChI is InChI=1S/C12H19N3O/c1-2-4-9-7-12(15-8-14-9)16-11-6-3-5-10(11)13/h7-8,10-11H,2-6,13H2,1H3. The minimum absolute atomic E-state index is 0.129. The summed E-state index contributed by atoms with van der Waals surface area (Å²) < 4.78 is 5.80. The monoisotopic (exact) mass is 221 g/mol. The summed E-state index contributed by atoms with van der Waals surface area (Å²) in [4.78, 5) is 8.33. The van der Waals surface area contributed by atoms with Crippen LogP contribution in [0.4, 0.5) is 0 Å². The van der Waals surface area contributed by atoms with Gasteiger partial charge < -0.3 is 10.5 Å². The Hall–Kier alpha value is -1.16. The molecular weight excluding hydrogens is 202 g/mol. The molecule has 2 unspecified atom stereocenters. The lowest BCUT2D eigenvalue weighted by Crippen LogP contribution is -2.33. The maximum absolute atomic E-state index is 5.96. The molecule has 1 fully saturated rings. The van der Waals surface area contributed by atoms with Gasteiger partial charge in [-0.15, -0.1) is 0 Å². The van der Waals surface area contributed by atoms with Crippen molar-refractivity contribution in [2.24, 2.45) is 5.73 Å². The molecule has 1 aliphatic carbocycles. The second-order valence-corrected chi connectivity index (χ2v) is 4.35. The van der Waals surface area contributed by atoms with E-state index in [1.807, 2.05) is 6.07 Å². The van der Waals surface area contributed by atoms with Crippen molar-refractivity contribution >= 4 is 0 Å². The summed E-state index contributed by atoms with van der Waals surface area (Å²) in [7, 11) is 0. The van der Waals surface area contributed by atoms with E-state index in [4.69, 9.17) is 10.5 Å². The molecule has 2 N–H and O–H groups in total. The molecule has 1 aromatic heterocycles. The SMILES string of the molecule is CCCc1cc(OC2CCCC2N)ncn1. The van der Waals surface area contributed by atoms with Crippen LogP contribution < -0.4 is 10.5 Å². The highest BCUT2D eigenvalue weighted by Crippen LogP contribution is 2.22. The summed E-state index contributed by atoms with van der Waals surface area (Å²) in [6, 6.07) is 2.08. The predicted octanol–water partition coefficient (Wildman–Crippen LogP) is 1.69. The normalized spacial score (nSPS) is 24.6. The van der Waals surface area contributed by atoms with Crippen molar-refractivity contribution in [1.82, 2.24) is 9.97 Å². The first-order valence-corrected chi connectivity index (χ1v) is 6.02. The molecule has 4 nitrogen and oxygen atoms in total. The molecule has 16 heavy (non-hydrogen) atoms. The quantitative estimate of drug-likeness (QED) is 0.840. The fourth-order valence-corrected chi connectivity index (χ4v) is 2.09. The van der Waals surface area contributed by atoms with Crippen LogP contribution in [-0.4, -0.2) is 22.1 Å². The molecule has 1 saturated carbocycles. The molecule has 0 bridgehead atoms. The fraction of sp³-hybridized carbons (Fsp3) is 0.667. The van der Waals surface area contributed by atoms with Gasteiger partial charge in [-0.3, -0.25) is 0 Å². The van der Waals surface area contributed by atoms with Gasteiger partial charge in [0.2, 0.25) is 5.88 Å². The number of rotatable bonds is 4. The minimum atomic E-state index is 0.129. The zero-order valence-corrected chi connectivity index (χ0v) is 9.72. The summed E-state index contributed by atoms with van der Waals surface area (Å²) in [5, 5.41) is 0. The molecule has 0 amide bonds. The van der Waals surface area contributed by atoms with Crippen LogP contribution in [0, 0.1) is 0 Å². The molecule has 2 atom stereocenters. The fourth-order valence-electron chi connectivity index (χ4n) is 2.09. The third-order valence-electron chi connectivity index (χ3n) is 2.98. The molecule has 88 valence electrons. The first kappa shape index (κ1) is 11.3. The van der Waals surface area contributed by atoms with Crippen LogP contribution in [0.2, 0.25) is 0 Å². The van der Waals surface area contributed by atoms with Crippen molar-refractivity contribution in [3.05, 3.63) is 18.1 Å². The molecule has 1 aromatic rings. The summed E-state index contributed by atoms with van der Waals surface area (Å²) in [6.45, 7) is 2.13. The third-order valence-corrected chi connectivity index (χ3v) is 2.98. The number of aryl methyl sites for hydroxylation is 1. The van der Waals surface area contributed by atoms with Crippen molar-refractivity contribution < 1.29 is 4.74 Å². The number of nitrogens with zero attached hydrogens (tertiary/aromatic N) is 2. The van der Waals surface area contributed by atoms with Gasteiger partial charge in [0.15, 0.2) is 0 Å². The van der Waals surface area contributed by atoms with Crippen molar-refractivity contribution in [3.63, 3.8) is 0 Å². The molecule has 1 heterocycles. The van der Waals surface area contributed by atoms with Crippen LogP contribution in [0.5, 0.6) is 5.88 Å². The largest absolute Gasteiger partial charge is 0.473 e. The summed E-state index contributed by atoms with van der Waals surface area (Å²) in [6.07, 6.45) is 6.99. The Morgan fingerprint density at radius 1 is 1.44 bits per heavy atom. The zero-order chi connectivity index (χ0) is 11.4. The van der Waals surface area contributed by atoms with Crippen molar-refractivity contribution in [2.75, 3.05) is 0 Å². The number of hydrogen-bond acceptors (Lipinski definition) is 4. The lowest BCUT2D eigenvalue weighted by Gasteiger charge is -2.16. The van der Waals surface area contributed by atoms with E-state index in [1.54, 1.807) is 6.33 Å². The van der Waals surface area contributed by atoms with E-state index in [-0.39, 0.29) is 12.1 Å². The molecular formula is C12H19N3O. The van der Waals surface area contributed by atoms with Gasteiger partial charge in [-0.1, -0.05) is 13.3 Å². The van der Waals surface area contributed by atoms with Gasteiger partial charge in [-0.25, -0.2) is 9.97 Å². The lowest BCUT2D eigenvalue weighted by atomic mass is 10.2. The molecule has 0 spiro atoms. The van der Waals surface area contributed by atoms with Gasteiger partial charge in [-0.05, 0) is 25.7 Å². The van der Waals surface area contributed by atoms with Crippen LogP contribution in [-0.2, 0) is 6.42 Å². The summed E-state index contributed by atoms with van der Waals surface area (Å²) in [5.41, 5.74) is 7.00. The van der Waals surface area contributed by atoms with Gasteiger partial charge in [-0.2, -0.15) is 0 Å². The van der Waals surface area contributed by atoms with Gasteiger partial charge in [0.1, 0.15) is 12.4 Å². The predicted molar refractivity (Wildman–Crippen MR) is 62.3 cm³/mol. The highest BCUT2D eigenvalue weighted by Gasteiger charge is 2.25. The van der Waals surface area contributed by atoms with Crippen molar-refractivity contribution in [3.8, 4) is 5.88 Å². The van der Waals surface area contributed by atoms with E-state index in [0.29, 0.717) is 5.88 Å². The molecule has 0 radical (unpaired) electrons. The van der Waals surface area contributed by atoms with Gasteiger partial charge >= 0.3 is 0 Å². The Bertz CT molecular complexity index is 343. The van der Waals surface area contributed by atoms with Crippen LogP contribution in [0.25, 0.3) is 0 Å². The average molecular weight is 221 g/mol. The van der Waals surface area contributed by atoms with Gasteiger partial charge in [0.25, 0.3) is 0 Å². The van der Waals surface area contributed by atoms with Crippen molar-refractivity contribution in [1.29, 1.82) is 0 Å². The van der Waals surface area contributed by atoms with Crippen LogP contribution >= 0.6 is 0 Å². The molecule has 0 saturated heterocycles.